The van der Waals surface area contributed by atoms with E-state index < -0.39 is 45.1 Å². The van der Waals surface area contributed by atoms with Gasteiger partial charge in [-0.15, -0.1) is 0 Å². The van der Waals surface area contributed by atoms with Crippen LogP contribution in [0.1, 0.15) is 42.0 Å². The second kappa shape index (κ2) is 12.3. The molecule has 0 radical (unpaired) electrons. The van der Waals surface area contributed by atoms with Crippen LogP contribution in [0.2, 0.25) is 0 Å². The summed E-state index contributed by atoms with van der Waals surface area (Å²) in [5.41, 5.74) is 1.05. The zero-order valence-corrected chi connectivity index (χ0v) is 25.4. The lowest BCUT2D eigenvalue weighted by atomic mass is 9.82. The highest BCUT2D eigenvalue weighted by atomic mass is 32.2. The van der Waals surface area contributed by atoms with Crippen LogP contribution in [0.15, 0.2) is 66.1 Å². The Labute approximate surface area is 253 Å². The van der Waals surface area contributed by atoms with E-state index in [4.69, 9.17) is 14.2 Å². The lowest BCUT2D eigenvalue weighted by Gasteiger charge is -2.36. The van der Waals surface area contributed by atoms with Crippen molar-refractivity contribution in [2.45, 2.75) is 55.6 Å². The molecule has 0 saturated heterocycles. The molecule has 234 valence electrons. The molecule has 0 bridgehead atoms. The Morgan fingerprint density at radius 3 is 2.52 bits per heavy atom. The first kappa shape index (κ1) is 31.1. The van der Waals surface area contributed by atoms with Gasteiger partial charge in [0.1, 0.15) is 46.2 Å². The first-order valence-electron chi connectivity index (χ1n) is 13.8. The summed E-state index contributed by atoms with van der Waals surface area (Å²) in [6.07, 6.45) is 2.39. The molecule has 1 aliphatic rings. The highest BCUT2D eigenvalue weighted by molar-refractivity contribution is 7.92. The van der Waals surface area contributed by atoms with E-state index in [1.54, 1.807) is 42.2 Å². The summed E-state index contributed by atoms with van der Waals surface area (Å²) in [7, 11) is 0.0692. The Bertz CT molecular complexity index is 1740. The molecule has 44 heavy (non-hydrogen) atoms. The number of methoxy groups -OCH3 is 2. The third-order valence-electron chi connectivity index (χ3n) is 7.79. The van der Waals surface area contributed by atoms with Crippen molar-refractivity contribution in [1.82, 2.24) is 19.7 Å². The second-order valence-electron chi connectivity index (χ2n) is 10.5. The number of alkyl halides is 2. The molecule has 2 aromatic carbocycles. The van der Waals surface area contributed by atoms with Crippen LogP contribution < -0.4 is 18.5 Å². The fourth-order valence-corrected chi connectivity index (χ4v) is 6.93. The summed E-state index contributed by atoms with van der Waals surface area (Å²) < 4.78 is 92.5. The number of hydrogen-bond donors (Lipinski definition) is 0. The van der Waals surface area contributed by atoms with E-state index in [1.165, 1.54) is 45.8 Å². The second-order valence-corrected chi connectivity index (χ2v) is 12.3. The van der Waals surface area contributed by atoms with Gasteiger partial charge in [0.25, 0.3) is 15.9 Å². The quantitative estimate of drug-likeness (QED) is 0.228. The van der Waals surface area contributed by atoms with Crippen molar-refractivity contribution in [1.29, 1.82) is 0 Å². The smallest absolute Gasteiger partial charge is 0.268 e. The van der Waals surface area contributed by atoms with Gasteiger partial charge in [0, 0.05) is 67.2 Å². The minimum atomic E-state index is -4.57. The lowest BCUT2D eigenvalue weighted by Crippen LogP contribution is -2.39. The van der Waals surface area contributed by atoms with Crippen LogP contribution in [0, 0.1) is 12.7 Å². The summed E-state index contributed by atoms with van der Waals surface area (Å²) in [6, 6.07) is 10.4. The van der Waals surface area contributed by atoms with Crippen molar-refractivity contribution in [3.05, 3.63) is 83.8 Å². The van der Waals surface area contributed by atoms with Crippen LogP contribution in [-0.2, 0) is 23.6 Å². The lowest BCUT2D eigenvalue weighted by molar-refractivity contribution is -0.0782. The Morgan fingerprint density at radius 1 is 1.07 bits per heavy atom. The molecule has 0 aliphatic heterocycles. The maximum Gasteiger partial charge on any atom is 0.268 e. The summed E-state index contributed by atoms with van der Waals surface area (Å²) >= 11 is 0. The van der Waals surface area contributed by atoms with Crippen molar-refractivity contribution < 1.29 is 35.8 Å². The minimum Gasteiger partial charge on any atom is -0.497 e. The van der Waals surface area contributed by atoms with E-state index in [9.17, 15) is 17.2 Å². The summed E-state index contributed by atoms with van der Waals surface area (Å²) in [5.74, 6) is -3.62. The molecule has 0 N–H and O–H groups in total. The number of benzene rings is 2. The molecule has 1 saturated carbocycles. The SMILES string of the molecule is COc1ccc(CN(c2ccncn2)S(=O)(=O)c2ccc(O[C@H]3CC(F)(F)CC[C@@H]3c3ccnn3C)c(C)c2F)c(OC)c1. The first-order valence-corrected chi connectivity index (χ1v) is 15.2. The number of aromatic nitrogens is 4. The van der Waals surface area contributed by atoms with E-state index in [1.807, 2.05) is 0 Å². The topological polar surface area (TPSA) is 109 Å². The van der Waals surface area contributed by atoms with Crippen LogP contribution in [0.5, 0.6) is 17.2 Å². The van der Waals surface area contributed by atoms with Gasteiger partial charge in [-0.25, -0.2) is 35.9 Å². The predicted molar refractivity (Wildman–Crippen MR) is 155 cm³/mol. The van der Waals surface area contributed by atoms with Crippen LogP contribution in [0.3, 0.4) is 0 Å². The minimum absolute atomic E-state index is 0.00120. The van der Waals surface area contributed by atoms with Crippen LogP contribution in [0.4, 0.5) is 19.0 Å². The molecule has 10 nitrogen and oxygen atoms in total. The standard InChI is InChI=1S/C30H32F3N5O5S/c1-19-24(43-26-16-30(32,33)12-9-22(26)23-10-14-36-37(23)2)7-8-27(29(19)31)44(39,40)38(28-11-13-34-18-35-28)17-20-5-6-21(41-3)15-25(20)42-4/h5-8,10-11,13-15,18,22,26H,9,12,16-17H2,1-4H3/t22-,26+/m1/s1. The van der Waals surface area contributed by atoms with Crippen molar-refractivity contribution in [3.8, 4) is 17.2 Å². The van der Waals surface area contributed by atoms with Gasteiger partial charge in [0.15, 0.2) is 0 Å². The molecule has 14 heteroatoms. The molecule has 0 spiro atoms. The van der Waals surface area contributed by atoms with Crippen LogP contribution in [-0.4, -0.2) is 54.4 Å². The number of aryl methyl sites for hydroxylation is 1. The number of anilines is 1. The molecule has 2 atom stereocenters. The third kappa shape index (κ3) is 6.16. The molecule has 1 aliphatic carbocycles. The molecule has 2 heterocycles. The fourth-order valence-electron chi connectivity index (χ4n) is 5.41. The van der Waals surface area contributed by atoms with Crippen molar-refractivity contribution >= 4 is 15.8 Å². The van der Waals surface area contributed by atoms with Gasteiger partial charge in [0.05, 0.1) is 20.8 Å². The van der Waals surface area contributed by atoms with E-state index in [0.29, 0.717) is 17.1 Å². The van der Waals surface area contributed by atoms with Gasteiger partial charge < -0.3 is 14.2 Å². The Balaban J connectivity index is 1.50. The van der Waals surface area contributed by atoms with Crippen LogP contribution in [0.25, 0.3) is 0 Å². The predicted octanol–water partition coefficient (Wildman–Crippen LogP) is 5.42. The Kier molecular flexibility index (Phi) is 8.73. The van der Waals surface area contributed by atoms with Gasteiger partial charge in [-0.2, -0.15) is 5.10 Å². The molecule has 5 rings (SSSR count). The van der Waals surface area contributed by atoms with Crippen molar-refractivity contribution in [3.63, 3.8) is 0 Å². The monoisotopic (exact) mass is 631 g/mol. The zero-order valence-electron chi connectivity index (χ0n) is 24.6. The molecule has 4 aromatic rings. The number of halogens is 3. The average molecular weight is 632 g/mol. The number of nitrogens with zero attached hydrogens (tertiary/aromatic N) is 5. The fraction of sp³-hybridized carbons (Fsp3) is 0.367. The first-order chi connectivity index (χ1) is 20.9. The maximum atomic E-state index is 16.0. The highest BCUT2D eigenvalue weighted by Crippen LogP contribution is 2.43. The van der Waals surface area contributed by atoms with Gasteiger partial charge in [-0.3, -0.25) is 4.68 Å². The molecule has 0 unspecified atom stereocenters. The molecule has 1 fully saturated rings. The maximum absolute atomic E-state index is 16.0. The normalized spacial score (nSPS) is 18.1. The van der Waals surface area contributed by atoms with E-state index in [0.717, 1.165) is 16.1 Å². The highest BCUT2D eigenvalue weighted by Gasteiger charge is 2.44. The van der Waals surface area contributed by atoms with Crippen molar-refractivity contribution in [2.75, 3.05) is 18.5 Å². The number of rotatable bonds is 10. The Morgan fingerprint density at radius 2 is 1.86 bits per heavy atom. The summed E-state index contributed by atoms with van der Waals surface area (Å²) in [4.78, 5) is 7.33. The average Bonchev–Trinajstić information content (AvgIpc) is 3.43. The summed E-state index contributed by atoms with van der Waals surface area (Å²) in [5, 5.41) is 4.15. The van der Waals surface area contributed by atoms with Crippen LogP contribution >= 0.6 is 0 Å². The summed E-state index contributed by atoms with van der Waals surface area (Å²) in [6.45, 7) is 1.10. The Hall–Kier alpha value is -4.33. The molecule has 2 aromatic heterocycles. The van der Waals surface area contributed by atoms with E-state index >= 15 is 4.39 Å². The third-order valence-corrected chi connectivity index (χ3v) is 9.55. The number of ether oxygens (including phenoxy) is 3. The van der Waals surface area contributed by atoms with Gasteiger partial charge in [-0.1, -0.05) is 0 Å². The molecule has 0 amide bonds. The molecular weight excluding hydrogens is 599 g/mol. The number of sulfonamides is 1. The van der Waals surface area contributed by atoms with E-state index in [-0.39, 0.29) is 36.5 Å². The largest absolute Gasteiger partial charge is 0.497 e. The van der Waals surface area contributed by atoms with Crippen molar-refractivity contribution in [2.24, 2.45) is 7.05 Å². The van der Waals surface area contributed by atoms with Gasteiger partial charge in [-0.05, 0) is 43.7 Å². The molecular formula is C30H32F3N5O5S. The zero-order chi connectivity index (χ0) is 31.6. The van der Waals surface area contributed by atoms with Gasteiger partial charge in [0.2, 0.25) is 0 Å². The van der Waals surface area contributed by atoms with E-state index in [2.05, 4.69) is 15.1 Å². The number of hydrogen-bond acceptors (Lipinski definition) is 8. The van der Waals surface area contributed by atoms with Gasteiger partial charge >= 0.3 is 0 Å².